The van der Waals surface area contributed by atoms with Gasteiger partial charge in [-0.05, 0) is 31.5 Å². The van der Waals surface area contributed by atoms with Gasteiger partial charge in [0.05, 0.1) is 6.10 Å². The molecule has 2 N–H and O–H groups in total. The van der Waals surface area contributed by atoms with Crippen LogP contribution < -0.4 is 5.32 Å². The maximum Gasteiger partial charge on any atom is 0.0954 e. The molecule has 1 aromatic carbocycles. The Labute approximate surface area is 113 Å². The molecule has 17 heavy (non-hydrogen) atoms. The van der Waals surface area contributed by atoms with Crippen molar-refractivity contribution in [2.24, 2.45) is 5.92 Å². The van der Waals surface area contributed by atoms with E-state index in [4.69, 9.17) is 23.2 Å². The van der Waals surface area contributed by atoms with Gasteiger partial charge < -0.3 is 10.4 Å². The third-order valence-corrected chi connectivity index (χ3v) is 3.17. The molecule has 1 rings (SSSR count). The quantitative estimate of drug-likeness (QED) is 0.860. The van der Waals surface area contributed by atoms with Crippen molar-refractivity contribution in [3.05, 3.63) is 33.8 Å². The summed E-state index contributed by atoms with van der Waals surface area (Å²) in [6.45, 7) is 7.06. The van der Waals surface area contributed by atoms with E-state index in [0.29, 0.717) is 21.5 Å². The van der Waals surface area contributed by atoms with E-state index in [2.05, 4.69) is 19.2 Å². The zero-order valence-electron chi connectivity index (χ0n) is 10.4. The minimum absolute atomic E-state index is 0.0453. The highest BCUT2D eigenvalue weighted by Gasteiger charge is 2.18. The monoisotopic (exact) mass is 275 g/mol. The summed E-state index contributed by atoms with van der Waals surface area (Å²) in [5, 5.41) is 14.5. The van der Waals surface area contributed by atoms with E-state index in [1.165, 1.54) is 0 Å². The number of hydrogen-bond donors (Lipinski definition) is 2. The number of aliphatic hydroxyl groups is 1. The van der Waals surface area contributed by atoms with E-state index < -0.39 is 6.10 Å². The third kappa shape index (κ3) is 4.47. The maximum absolute atomic E-state index is 10.2. The number of benzene rings is 1. The molecule has 4 heteroatoms. The predicted octanol–water partition coefficient (Wildman–Crippen LogP) is 3.66. The van der Waals surface area contributed by atoms with Crippen molar-refractivity contribution in [1.82, 2.24) is 5.32 Å². The molecule has 96 valence electrons. The van der Waals surface area contributed by atoms with Gasteiger partial charge >= 0.3 is 0 Å². The lowest BCUT2D eigenvalue weighted by atomic mass is 10.0. The first-order chi connectivity index (χ1) is 7.91. The van der Waals surface area contributed by atoms with Crippen LogP contribution >= 0.6 is 23.2 Å². The van der Waals surface area contributed by atoms with Gasteiger partial charge in [0.15, 0.2) is 0 Å². The van der Waals surface area contributed by atoms with Crippen LogP contribution in [0.25, 0.3) is 0 Å². The molecular formula is C13H19Cl2NO. The van der Waals surface area contributed by atoms with Crippen molar-refractivity contribution in [2.45, 2.75) is 32.9 Å². The van der Waals surface area contributed by atoms with Crippen molar-refractivity contribution >= 4 is 23.2 Å². The first-order valence-electron chi connectivity index (χ1n) is 5.78. The first-order valence-corrected chi connectivity index (χ1v) is 6.53. The fourth-order valence-corrected chi connectivity index (χ4v) is 2.06. The highest BCUT2D eigenvalue weighted by Crippen LogP contribution is 2.28. The van der Waals surface area contributed by atoms with Crippen LogP contribution in [0.5, 0.6) is 0 Å². The van der Waals surface area contributed by atoms with Gasteiger partial charge in [0.1, 0.15) is 0 Å². The minimum Gasteiger partial charge on any atom is -0.387 e. The summed E-state index contributed by atoms with van der Waals surface area (Å²) < 4.78 is 0. The Morgan fingerprint density at radius 2 is 1.88 bits per heavy atom. The summed E-state index contributed by atoms with van der Waals surface area (Å²) in [7, 11) is 0. The lowest BCUT2D eigenvalue weighted by Crippen LogP contribution is -2.34. The second kappa shape index (κ2) is 6.60. The summed E-state index contributed by atoms with van der Waals surface area (Å²) in [5.41, 5.74) is 0.708. The van der Waals surface area contributed by atoms with E-state index in [1.54, 1.807) is 18.2 Å². The molecule has 0 aromatic heterocycles. The van der Waals surface area contributed by atoms with Crippen LogP contribution in [-0.2, 0) is 0 Å². The van der Waals surface area contributed by atoms with Gasteiger partial charge in [0.25, 0.3) is 0 Å². The predicted molar refractivity (Wildman–Crippen MR) is 73.7 cm³/mol. The van der Waals surface area contributed by atoms with Gasteiger partial charge in [-0.2, -0.15) is 0 Å². The average molecular weight is 276 g/mol. The molecule has 0 radical (unpaired) electrons. The fourth-order valence-electron chi connectivity index (χ4n) is 1.54. The number of rotatable bonds is 5. The Morgan fingerprint density at radius 1 is 1.24 bits per heavy atom. The molecule has 0 aliphatic heterocycles. The molecule has 1 aromatic rings. The standard InChI is InChI=1S/C13H19Cl2NO/c1-8(2)7-16-9(3)13(17)11-5-4-10(14)6-12(11)15/h4-6,8-9,13,16-17H,7H2,1-3H3. The van der Waals surface area contributed by atoms with E-state index >= 15 is 0 Å². The van der Waals surface area contributed by atoms with Gasteiger partial charge in [-0.15, -0.1) is 0 Å². The summed E-state index contributed by atoms with van der Waals surface area (Å²) in [6, 6.07) is 5.11. The van der Waals surface area contributed by atoms with Gasteiger partial charge in [0, 0.05) is 21.7 Å². The van der Waals surface area contributed by atoms with Gasteiger partial charge in [-0.25, -0.2) is 0 Å². The van der Waals surface area contributed by atoms with Crippen molar-refractivity contribution in [2.75, 3.05) is 6.54 Å². The number of aliphatic hydroxyl groups excluding tert-OH is 1. The number of nitrogens with one attached hydrogen (secondary N) is 1. The van der Waals surface area contributed by atoms with E-state index in [1.807, 2.05) is 6.92 Å². The molecule has 0 spiro atoms. The molecule has 0 bridgehead atoms. The summed E-state index contributed by atoms with van der Waals surface area (Å²) >= 11 is 11.9. The van der Waals surface area contributed by atoms with Gasteiger partial charge in [-0.3, -0.25) is 0 Å². The Bertz CT molecular complexity index is 368. The second-order valence-corrected chi connectivity index (χ2v) is 5.55. The molecule has 0 aliphatic rings. The fraction of sp³-hybridized carbons (Fsp3) is 0.538. The highest BCUT2D eigenvalue weighted by molar-refractivity contribution is 6.35. The maximum atomic E-state index is 10.2. The zero-order valence-corrected chi connectivity index (χ0v) is 11.9. The average Bonchev–Trinajstić information content (AvgIpc) is 2.25. The van der Waals surface area contributed by atoms with Crippen LogP contribution in [0.15, 0.2) is 18.2 Å². The van der Waals surface area contributed by atoms with Crippen LogP contribution in [0.4, 0.5) is 0 Å². The molecule has 0 heterocycles. The summed E-state index contributed by atoms with van der Waals surface area (Å²) in [4.78, 5) is 0. The van der Waals surface area contributed by atoms with Crippen LogP contribution in [0.3, 0.4) is 0 Å². The molecule has 0 aliphatic carbocycles. The third-order valence-electron chi connectivity index (χ3n) is 2.60. The number of halogens is 2. The Kier molecular flexibility index (Phi) is 5.74. The largest absolute Gasteiger partial charge is 0.387 e. The SMILES string of the molecule is CC(C)CNC(C)C(O)c1ccc(Cl)cc1Cl. The second-order valence-electron chi connectivity index (χ2n) is 4.70. The Morgan fingerprint density at radius 3 is 2.41 bits per heavy atom. The topological polar surface area (TPSA) is 32.3 Å². The van der Waals surface area contributed by atoms with Crippen molar-refractivity contribution in [1.29, 1.82) is 0 Å². The molecule has 0 saturated carbocycles. The minimum atomic E-state index is -0.626. The molecule has 2 nitrogen and oxygen atoms in total. The Hall–Kier alpha value is -0.280. The summed E-state index contributed by atoms with van der Waals surface area (Å²) in [6.07, 6.45) is -0.626. The molecule has 2 atom stereocenters. The normalized spacial score (nSPS) is 15.0. The lowest BCUT2D eigenvalue weighted by molar-refractivity contribution is 0.134. The Balaban J connectivity index is 2.71. The molecule has 0 amide bonds. The van der Waals surface area contributed by atoms with E-state index in [-0.39, 0.29) is 6.04 Å². The lowest BCUT2D eigenvalue weighted by Gasteiger charge is -2.22. The van der Waals surface area contributed by atoms with Gasteiger partial charge in [0.2, 0.25) is 0 Å². The van der Waals surface area contributed by atoms with Gasteiger partial charge in [-0.1, -0.05) is 43.1 Å². The molecule has 0 fully saturated rings. The van der Waals surface area contributed by atoms with Crippen LogP contribution in [0, 0.1) is 5.92 Å². The number of hydrogen-bond acceptors (Lipinski definition) is 2. The van der Waals surface area contributed by atoms with Crippen molar-refractivity contribution in [3.8, 4) is 0 Å². The van der Waals surface area contributed by atoms with Crippen molar-refractivity contribution in [3.63, 3.8) is 0 Å². The van der Waals surface area contributed by atoms with Crippen LogP contribution in [0.1, 0.15) is 32.4 Å². The molecule has 0 saturated heterocycles. The van der Waals surface area contributed by atoms with Crippen LogP contribution in [-0.4, -0.2) is 17.7 Å². The van der Waals surface area contributed by atoms with Crippen molar-refractivity contribution < 1.29 is 5.11 Å². The zero-order chi connectivity index (χ0) is 13.0. The molecule has 2 unspecified atom stereocenters. The molecular weight excluding hydrogens is 257 g/mol. The highest BCUT2D eigenvalue weighted by atomic mass is 35.5. The van der Waals surface area contributed by atoms with E-state index in [0.717, 1.165) is 6.54 Å². The van der Waals surface area contributed by atoms with E-state index in [9.17, 15) is 5.11 Å². The van der Waals surface area contributed by atoms with Crippen LogP contribution in [0.2, 0.25) is 10.0 Å². The smallest absolute Gasteiger partial charge is 0.0954 e. The first kappa shape index (κ1) is 14.8. The summed E-state index contributed by atoms with van der Waals surface area (Å²) in [5.74, 6) is 0.547.